The Hall–Kier alpha value is -1.85. The first-order valence-electron chi connectivity index (χ1n) is 7.76. The van der Waals surface area contributed by atoms with Gasteiger partial charge in [0, 0.05) is 38.3 Å². The lowest BCUT2D eigenvalue weighted by Gasteiger charge is -2.20. The molecule has 2 rings (SSSR count). The van der Waals surface area contributed by atoms with Crippen LogP contribution in [0.5, 0.6) is 0 Å². The summed E-state index contributed by atoms with van der Waals surface area (Å²) in [6.07, 6.45) is 4.65. The molecule has 2 amide bonds. The second-order valence-electron chi connectivity index (χ2n) is 5.41. The van der Waals surface area contributed by atoms with Crippen LogP contribution in [0.4, 0.5) is 0 Å². The lowest BCUT2D eigenvalue weighted by Crippen LogP contribution is -2.37. The molecule has 1 unspecified atom stereocenters. The standard InChI is InChI=1S/C15H24N4O2/c1-3-10-18-11-8-12(5-6-14(18)20)17-15(21)13-7-9-16-19(13)4-2/h7,9,12H,3-6,8,10-11H2,1-2H3,(H,17,21). The fourth-order valence-corrected chi connectivity index (χ4v) is 2.72. The Morgan fingerprint density at radius 1 is 1.43 bits per heavy atom. The Morgan fingerprint density at radius 2 is 2.24 bits per heavy atom. The van der Waals surface area contributed by atoms with E-state index < -0.39 is 0 Å². The smallest absolute Gasteiger partial charge is 0.269 e. The van der Waals surface area contributed by atoms with Crippen molar-refractivity contribution in [1.29, 1.82) is 0 Å². The second-order valence-corrected chi connectivity index (χ2v) is 5.41. The number of nitrogens with zero attached hydrogens (tertiary/aromatic N) is 3. The number of amides is 2. The number of carbonyl (C=O) groups is 2. The zero-order chi connectivity index (χ0) is 15.2. The molecule has 0 bridgehead atoms. The van der Waals surface area contributed by atoms with Crippen molar-refractivity contribution in [3.63, 3.8) is 0 Å². The molecule has 2 heterocycles. The van der Waals surface area contributed by atoms with E-state index in [9.17, 15) is 9.59 Å². The lowest BCUT2D eigenvalue weighted by molar-refractivity contribution is -0.130. The minimum Gasteiger partial charge on any atom is -0.348 e. The van der Waals surface area contributed by atoms with Crippen molar-refractivity contribution in [3.8, 4) is 0 Å². The third-order valence-electron chi connectivity index (χ3n) is 3.88. The van der Waals surface area contributed by atoms with E-state index in [2.05, 4.69) is 17.3 Å². The summed E-state index contributed by atoms with van der Waals surface area (Å²) in [6.45, 7) is 6.23. The average Bonchev–Trinajstić information content (AvgIpc) is 2.90. The van der Waals surface area contributed by atoms with Crippen molar-refractivity contribution in [3.05, 3.63) is 18.0 Å². The SMILES string of the molecule is CCCN1CCC(NC(=O)c2ccnn2CC)CCC1=O. The molecule has 116 valence electrons. The largest absolute Gasteiger partial charge is 0.348 e. The number of rotatable bonds is 5. The molecule has 1 fully saturated rings. The third kappa shape index (κ3) is 3.83. The van der Waals surface area contributed by atoms with Gasteiger partial charge >= 0.3 is 0 Å². The number of carbonyl (C=O) groups excluding carboxylic acids is 2. The molecule has 0 saturated carbocycles. The van der Waals surface area contributed by atoms with Crippen LogP contribution in [0, 0.1) is 0 Å². The maximum absolute atomic E-state index is 12.3. The van der Waals surface area contributed by atoms with Crippen LogP contribution in [-0.4, -0.2) is 45.6 Å². The van der Waals surface area contributed by atoms with Crippen molar-refractivity contribution in [2.45, 2.75) is 52.1 Å². The molecule has 1 atom stereocenters. The van der Waals surface area contributed by atoms with Crippen LogP contribution in [-0.2, 0) is 11.3 Å². The molecule has 1 N–H and O–H groups in total. The molecule has 1 aliphatic rings. The van der Waals surface area contributed by atoms with E-state index in [1.54, 1.807) is 16.9 Å². The Bertz CT molecular complexity index is 498. The first kappa shape index (κ1) is 15.5. The number of aryl methyl sites for hydroxylation is 1. The van der Waals surface area contributed by atoms with E-state index in [1.165, 1.54) is 0 Å². The maximum Gasteiger partial charge on any atom is 0.269 e. The summed E-state index contributed by atoms with van der Waals surface area (Å²) in [7, 11) is 0. The summed E-state index contributed by atoms with van der Waals surface area (Å²) >= 11 is 0. The second kappa shape index (κ2) is 7.24. The normalized spacial score (nSPS) is 19.4. The highest BCUT2D eigenvalue weighted by atomic mass is 16.2. The van der Waals surface area contributed by atoms with Gasteiger partial charge in [-0.15, -0.1) is 0 Å². The molecule has 0 radical (unpaired) electrons. The Kier molecular flexibility index (Phi) is 5.36. The fraction of sp³-hybridized carbons (Fsp3) is 0.667. The van der Waals surface area contributed by atoms with Crippen LogP contribution in [0.2, 0.25) is 0 Å². The van der Waals surface area contributed by atoms with Crippen molar-refractivity contribution < 1.29 is 9.59 Å². The minimum absolute atomic E-state index is 0.0588. The molecule has 0 spiro atoms. The van der Waals surface area contributed by atoms with Crippen molar-refractivity contribution in [2.75, 3.05) is 13.1 Å². The average molecular weight is 292 g/mol. The number of aromatic nitrogens is 2. The van der Waals surface area contributed by atoms with Gasteiger partial charge in [0.05, 0.1) is 0 Å². The summed E-state index contributed by atoms with van der Waals surface area (Å²) in [5, 5.41) is 7.15. The molecular formula is C15H24N4O2. The van der Waals surface area contributed by atoms with Gasteiger partial charge in [0.2, 0.25) is 5.91 Å². The van der Waals surface area contributed by atoms with Gasteiger partial charge in [0.15, 0.2) is 0 Å². The van der Waals surface area contributed by atoms with Crippen LogP contribution >= 0.6 is 0 Å². The van der Waals surface area contributed by atoms with Gasteiger partial charge in [-0.3, -0.25) is 14.3 Å². The zero-order valence-corrected chi connectivity index (χ0v) is 12.8. The molecule has 1 aromatic rings. The lowest BCUT2D eigenvalue weighted by atomic mass is 10.1. The molecule has 0 aliphatic carbocycles. The van der Waals surface area contributed by atoms with E-state index in [0.29, 0.717) is 25.1 Å². The Morgan fingerprint density at radius 3 is 2.95 bits per heavy atom. The molecule has 1 aliphatic heterocycles. The molecule has 1 saturated heterocycles. The van der Waals surface area contributed by atoms with E-state index in [4.69, 9.17) is 0 Å². The summed E-state index contributed by atoms with van der Waals surface area (Å²) in [4.78, 5) is 26.2. The van der Waals surface area contributed by atoms with Gasteiger partial charge in [0.25, 0.3) is 5.91 Å². The Balaban J connectivity index is 1.94. The number of likely N-dealkylation sites (tertiary alicyclic amines) is 1. The molecular weight excluding hydrogens is 268 g/mol. The van der Waals surface area contributed by atoms with Gasteiger partial charge in [0.1, 0.15) is 5.69 Å². The molecule has 6 nitrogen and oxygen atoms in total. The summed E-state index contributed by atoms with van der Waals surface area (Å²) in [5.41, 5.74) is 0.582. The highest BCUT2D eigenvalue weighted by Gasteiger charge is 2.24. The Labute approximate surface area is 125 Å². The van der Waals surface area contributed by atoms with Gasteiger partial charge in [-0.05, 0) is 32.3 Å². The van der Waals surface area contributed by atoms with Crippen molar-refractivity contribution in [1.82, 2.24) is 20.0 Å². The van der Waals surface area contributed by atoms with Gasteiger partial charge in [-0.1, -0.05) is 6.92 Å². The van der Waals surface area contributed by atoms with Gasteiger partial charge in [-0.25, -0.2) is 0 Å². The van der Waals surface area contributed by atoms with E-state index in [1.807, 2.05) is 11.8 Å². The van der Waals surface area contributed by atoms with E-state index >= 15 is 0 Å². The predicted molar refractivity (Wildman–Crippen MR) is 79.9 cm³/mol. The first-order chi connectivity index (χ1) is 10.2. The number of hydrogen-bond donors (Lipinski definition) is 1. The van der Waals surface area contributed by atoms with Crippen molar-refractivity contribution >= 4 is 11.8 Å². The van der Waals surface area contributed by atoms with Gasteiger partial charge in [-0.2, -0.15) is 5.10 Å². The van der Waals surface area contributed by atoms with Crippen LogP contribution in [0.3, 0.4) is 0 Å². The fourth-order valence-electron chi connectivity index (χ4n) is 2.72. The van der Waals surface area contributed by atoms with Gasteiger partial charge < -0.3 is 10.2 Å². The zero-order valence-electron chi connectivity index (χ0n) is 12.8. The summed E-state index contributed by atoms with van der Waals surface area (Å²) < 4.78 is 1.68. The summed E-state index contributed by atoms with van der Waals surface area (Å²) in [5.74, 6) is 0.0999. The quantitative estimate of drug-likeness (QED) is 0.892. The molecule has 1 aromatic heterocycles. The topological polar surface area (TPSA) is 67.2 Å². The van der Waals surface area contributed by atoms with Crippen LogP contribution < -0.4 is 5.32 Å². The highest BCUT2D eigenvalue weighted by molar-refractivity contribution is 5.92. The molecule has 6 heteroatoms. The highest BCUT2D eigenvalue weighted by Crippen LogP contribution is 2.13. The van der Waals surface area contributed by atoms with Crippen LogP contribution in [0.1, 0.15) is 50.0 Å². The predicted octanol–water partition coefficient (Wildman–Crippen LogP) is 1.42. The number of hydrogen-bond acceptors (Lipinski definition) is 3. The summed E-state index contributed by atoms with van der Waals surface area (Å²) in [6, 6.07) is 1.79. The maximum atomic E-state index is 12.3. The van der Waals surface area contributed by atoms with E-state index in [0.717, 1.165) is 25.9 Å². The van der Waals surface area contributed by atoms with Crippen LogP contribution in [0.15, 0.2) is 12.3 Å². The monoisotopic (exact) mass is 292 g/mol. The van der Waals surface area contributed by atoms with Crippen LogP contribution in [0.25, 0.3) is 0 Å². The van der Waals surface area contributed by atoms with Crippen molar-refractivity contribution in [2.24, 2.45) is 0 Å². The minimum atomic E-state index is -0.101. The number of nitrogens with one attached hydrogen (secondary N) is 1. The molecule has 21 heavy (non-hydrogen) atoms. The van der Waals surface area contributed by atoms with E-state index in [-0.39, 0.29) is 17.9 Å². The molecule has 0 aromatic carbocycles. The third-order valence-corrected chi connectivity index (χ3v) is 3.88. The first-order valence-corrected chi connectivity index (χ1v) is 7.76.